The van der Waals surface area contributed by atoms with Crippen LogP contribution in [-0.4, -0.2) is 23.8 Å². The lowest BCUT2D eigenvalue weighted by Crippen LogP contribution is -2.02. The van der Waals surface area contributed by atoms with E-state index in [1.807, 2.05) is 28.8 Å². The van der Waals surface area contributed by atoms with Crippen molar-refractivity contribution in [3.8, 4) is 29.0 Å². The van der Waals surface area contributed by atoms with Crippen LogP contribution in [0.5, 0.6) is 11.5 Å². The van der Waals surface area contributed by atoms with E-state index in [2.05, 4.69) is 26.0 Å². The maximum absolute atomic E-state index is 9.28. The summed E-state index contributed by atoms with van der Waals surface area (Å²) in [4.78, 5) is 4.77. The molecule has 0 bridgehead atoms. The van der Waals surface area contributed by atoms with Crippen LogP contribution in [0.25, 0.3) is 22.4 Å². The molecule has 5 nitrogen and oxygen atoms in total. The molecule has 0 atom stereocenters. The number of fused-ring (bicyclic) bond motifs is 1. The Labute approximate surface area is 141 Å². The number of aromatic nitrogens is 2. The molecular weight excluding hydrogens is 302 g/mol. The summed E-state index contributed by atoms with van der Waals surface area (Å²) in [5.41, 5.74) is 4.88. The van der Waals surface area contributed by atoms with Gasteiger partial charge >= 0.3 is 0 Å². The average molecular weight is 321 g/mol. The number of benzene rings is 2. The van der Waals surface area contributed by atoms with Crippen molar-refractivity contribution in [1.82, 2.24) is 9.55 Å². The summed E-state index contributed by atoms with van der Waals surface area (Å²) < 4.78 is 12.9. The van der Waals surface area contributed by atoms with Crippen LogP contribution < -0.4 is 9.47 Å². The molecule has 1 heterocycles. The molecule has 0 N–H and O–H groups in total. The van der Waals surface area contributed by atoms with Gasteiger partial charge in [-0.15, -0.1) is 0 Å². The number of nitrogens with zero attached hydrogens (tertiary/aromatic N) is 3. The number of rotatable bonds is 4. The minimum absolute atomic E-state index is 0.204. The zero-order valence-electron chi connectivity index (χ0n) is 14.3. The van der Waals surface area contributed by atoms with E-state index in [1.54, 1.807) is 14.2 Å². The van der Waals surface area contributed by atoms with Crippen molar-refractivity contribution in [3.05, 3.63) is 41.5 Å². The van der Waals surface area contributed by atoms with Gasteiger partial charge in [-0.3, -0.25) is 0 Å². The van der Waals surface area contributed by atoms with Gasteiger partial charge in [0.25, 0.3) is 0 Å². The van der Waals surface area contributed by atoms with Crippen LogP contribution in [0.1, 0.15) is 11.1 Å². The Bertz CT molecular complexity index is 929. The second-order valence-electron chi connectivity index (χ2n) is 5.64. The fraction of sp³-hybridized carbons (Fsp3) is 0.263. The molecule has 0 aliphatic rings. The highest BCUT2D eigenvalue weighted by Gasteiger charge is 2.20. The van der Waals surface area contributed by atoms with Crippen molar-refractivity contribution in [2.24, 2.45) is 0 Å². The van der Waals surface area contributed by atoms with E-state index >= 15 is 0 Å². The molecule has 0 spiro atoms. The van der Waals surface area contributed by atoms with Gasteiger partial charge in [0.15, 0.2) is 0 Å². The molecule has 0 aliphatic carbocycles. The van der Waals surface area contributed by atoms with Crippen LogP contribution in [0, 0.1) is 25.2 Å². The monoisotopic (exact) mass is 321 g/mol. The summed E-state index contributed by atoms with van der Waals surface area (Å²) in [6, 6.07) is 11.9. The molecular formula is C19H19N3O2. The van der Waals surface area contributed by atoms with E-state index in [0.717, 1.165) is 16.6 Å². The van der Waals surface area contributed by atoms with E-state index in [0.29, 0.717) is 17.3 Å². The summed E-state index contributed by atoms with van der Waals surface area (Å²) in [6.45, 7) is 4.32. The predicted octanol–water partition coefficient (Wildman–Crippen LogP) is 3.86. The molecule has 1 aromatic heterocycles. The molecule has 0 aliphatic heterocycles. The van der Waals surface area contributed by atoms with Crippen LogP contribution in [0.3, 0.4) is 0 Å². The van der Waals surface area contributed by atoms with Gasteiger partial charge in [0, 0.05) is 0 Å². The smallest absolute Gasteiger partial charge is 0.149 e. The van der Waals surface area contributed by atoms with Crippen LogP contribution in [-0.2, 0) is 6.54 Å². The van der Waals surface area contributed by atoms with Crippen molar-refractivity contribution >= 4 is 11.0 Å². The van der Waals surface area contributed by atoms with E-state index in [9.17, 15) is 5.26 Å². The first kappa shape index (κ1) is 15.9. The Morgan fingerprint density at radius 2 is 1.71 bits per heavy atom. The third-order valence-electron chi connectivity index (χ3n) is 4.24. The molecule has 0 amide bonds. The summed E-state index contributed by atoms with van der Waals surface area (Å²) in [7, 11) is 3.23. The first-order chi connectivity index (χ1) is 11.6. The number of hydrogen-bond acceptors (Lipinski definition) is 4. The van der Waals surface area contributed by atoms with Crippen LogP contribution in [0.15, 0.2) is 30.3 Å². The third kappa shape index (κ3) is 2.46. The molecule has 0 saturated heterocycles. The molecule has 5 heteroatoms. The maximum Gasteiger partial charge on any atom is 0.149 e. The van der Waals surface area contributed by atoms with Crippen molar-refractivity contribution < 1.29 is 9.47 Å². The SMILES string of the molecule is COc1cccc(OC)c1-c1nc2cc(C)c(C)cc2n1CC#N. The standard InChI is InChI=1S/C19H19N3O2/c1-12-10-14-15(11-13(12)2)22(9-8-20)19(21-14)18-16(23-3)6-5-7-17(18)24-4/h5-7,10-11H,9H2,1-4H3. The number of imidazole rings is 1. The molecule has 0 saturated carbocycles. The third-order valence-corrected chi connectivity index (χ3v) is 4.24. The largest absolute Gasteiger partial charge is 0.496 e. The zero-order chi connectivity index (χ0) is 17.3. The summed E-state index contributed by atoms with van der Waals surface area (Å²) in [6.07, 6.45) is 0. The Morgan fingerprint density at radius 3 is 2.29 bits per heavy atom. The second-order valence-corrected chi connectivity index (χ2v) is 5.64. The Kier molecular flexibility index (Phi) is 4.13. The summed E-state index contributed by atoms with van der Waals surface area (Å²) >= 11 is 0. The van der Waals surface area contributed by atoms with Gasteiger partial charge in [-0.1, -0.05) is 6.07 Å². The zero-order valence-corrected chi connectivity index (χ0v) is 14.3. The topological polar surface area (TPSA) is 60.1 Å². The Morgan fingerprint density at radius 1 is 1.08 bits per heavy atom. The van der Waals surface area contributed by atoms with E-state index in [-0.39, 0.29) is 6.54 Å². The Hall–Kier alpha value is -3.00. The van der Waals surface area contributed by atoms with Crippen molar-refractivity contribution in [2.45, 2.75) is 20.4 Å². The fourth-order valence-electron chi connectivity index (χ4n) is 2.87. The van der Waals surface area contributed by atoms with Crippen molar-refractivity contribution in [2.75, 3.05) is 14.2 Å². The molecule has 0 unspecified atom stereocenters. The number of ether oxygens (including phenoxy) is 2. The van der Waals surface area contributed by atoms with Gasteiger partial charge in [-0.05, 0) is 49.2 Å². The minimum Gasteiger partial charge on any atom is -0.496 e. The highest BCUT2D eigenvalue weighted by atomic mass is 16.5. The lowest BCUT2D eigenvalue weighted by Gasteiger charge is -2.13. The van der Waals surface area contributed by atoms with Gasteiger partial charge in [0.2, 0.25) is 0 Å². The highest BCUT2D eigenvalue weighted by molar-refractivity contribution is 5.85. The quantitative estimate of drug-likeness (QED) is 0.732. The number of hydrogen-bond donors (Lipinski definition) is 0. The summed E-state index contributed by atoms with van der Waals surface area (Å²) in [5.74, 6) is 2.00. The van der Waals surface area contributed by atoms with E-state index < -0.39 is 0 Å². The molecule has 0 fully saturated rings. The first-order valence-corrected chi connectivity index (χ1v) is 7.66. The molecule has 24 heavy (non-hydrogen) atoms. The number of nitriles is 1. The molecule has 2 aromatic carbocycles. The van der Waals surface area contributed by atoms with Gasteiger partial charge in [-0.25, -0.2) is 4.98 Å². The lowest BCUT2D eigenvalue weighted by molar-refractivity contribution is 0.396. The molecule has 0 radical (unpaired) electrons. The fourth-order valence-corrected chi connectivity index (χ4v) is 2.87. The normalized spacial score (nSPS) is 10.6. The average Bonchev–Trinajstić information content (AvgIpc) is 2.92. The van der Waals surface area contributed by atoms with E-state index in [1.165, 1.54) is 11.1 Å². The molecule has 122 valence electrons. The van der Waals surface area contributed by atoms with Crippen LogP contribution >= 0.6 is 0 Å². The van der Waals surface area contributed by atoms with Crippen LogP contribution in [0.2, 0.25) is 0 Å². The Balaban J connectivity index is 2.39. The van der Waals surface area contributed by atoms with Crippen LogP contribution in [0.4, 0.5) is 0 Å². The molecule has 3 aromatic rings. The highest BCUT2D eigenvalue weighted by Crippen LogP contribution is 2.39. The van der Waals surface area contributed by atoms with Gasteiger partial charge in [0.05, 0.1) is 31.3 Å². The summed E-state index contributed by atoms with van der Waals surface area (Å²) in [5, 5.41) is 9.28. The first-order valence-electron chi connectivity index (χ1n) is 7.66. The predicted molar refractivity (Wildman–Crippen MR) is 93.4 cm³/mol. The lowest BCUT2D eigenvalue weighted by atomic mass is 10.1. The number of aryl methyl sites for hydroxylation is 2. The minimum atomic E-state index is 0.204. The van der Waals surface area contributed by atoms with Gasteiger partial charge < -0.3 is 14.0 Å². The van der Waals surface area contributed by atoms with Gasteiger partial charge in [-0.2, -0.15) is 5.26 Å². The number of methoxy groups -OCH3 is 2. The maximum atomic E-state index is 9.28. The van der Waals surface area contributed by atoms with Gasteiger partial charge in [0.1, 0.15) is 29.4 Å². The van der Waals surface area contributed by atoms with Crippen molar-refractivity contribution in [3.63, 3.8) is 0 Å². The van der Waals surface area contributed by atoms with Crippen molar-refractivity contribution in [1.29, 1.82) is 5.26 Å². The van der Waals surface area contributed by atoms with E-state index in [4.69, 9.17) is 14.5 Å². The molecule has 3 rings (SSSR count). The second kappa shape index (κ2) is 6.25.